The van der Waals surface area contributed by atoms with Crippen molar-refractivity contribution >= 4 is 44.6 Å². The average Bonchev–Trinajstić information content (AvgIpc) is 3.77. The first-order valence-electron chi connectivity index (χ1n) is 22.5. The summed E-state index contributed by atoms with van der Waals surface area (Å²) in [6.45, 7) is 14.0. The Labute approximate surface area is 372 Å². The number of hydrogen-bond donors (Lipinski definition) is 0. The van der Waals surface area contributed by atoms with Gasteiger partial charge in [-0.15, -0.1) is 0 Å². The largest absolute Gasteiger partial charge is 0.310 e. The highest BCUT2D eigenvalue weighted by molar-refractivity contribution is 6.14. The second-order valence-electron chi connectivity index (χ2n) is 18.5. The Morgan fingerprint density at radius 2 is 1.05 bits per heavy atom. The molecule has 1 atom stereocenters. The molecule has 0 N–H and O–H groups in total. The smallest absolute Gasteiger partial charge is 0.0581 e. The van der Waals surface area contributed by atoms with E-state index >= 15 is 0 Å². The molecule has 0 radical (unpaired) electrons. The lowest BCUT2D eigenvalue weighted by Gasteiger charge is -2.37. The number of fused-ring (bicyclic) bond motifs is 6. The zero-order valence-electron chi connectivity index (χ0n) is 37.0. The predicted octanol–water partition coefficient (Wildman–Crippen LogP) is 16.8. The van der Waals surface area contributed by atoms with Crippen molar-refractivity contribution in [2.24, 2.45) is 0 Å². The highest BCUT2D eigenvalue weighted by Crippen LogP contribution is 2.52. The highest BCUT2D eigenvalue weighted by Gasteiger charge is 2.38. The molecule has 11 rings (SSSR count). The number of aromatic nitrogens is 1. The van der Waals surface area contributed by atoms with Crippen molar-refractivity contribution in [1.29, 1.82) is 0 Å². The van der Waals surface area contributed by atoms with Crippen molar-refractivity contribution in [3.05, 3.63) is 228 Å². The van der Waals surface area contributed by atoms with E-state index in [2.05, 4.69) is 251 Å². The molecule has 1 aromatic heterocycles. The Morgan fingerprint density at radius 3 is 1.75 bits per heavy atom. The lowest BCUT2D eigenvalue weighted by molar-refractivity contribution is 0.629. The van der Waals surface area contributed by atoms with Crippen LogP contribution in [0.25, 0.3) is 60.9 Å². The number of para-hydroxylation sites is 1. The highest BCUT2D eigenvalue weighted by atomic mass is 15.1. The lowest BCUT2D eigenvalue weighted by atomic mass is 9.73. The summed E-state index contributed by atoms with van der Waals surface area (Å²) in [5.41, 5.74) is 21.3. The Balaban J connectivity index is 1.02. The third kappa shape index (κ3) is 6.15. The molecule has 0 spiro atoms. The molecule has 306 valence electrons. The minimum atomic E-state index is -0.147. The second-order valence-corrected chi connectivity index (χ2v) is 18.5. The molecular formula is C61H52N2. The normalized spacial score (nSPS) is 16.3. The van der Waals surface area contributed by atoms with E-state index in [0.29, 0.717) is 0 Å². The van der Waals surface area contributed by atoms with E-state index in [1.165, 1.54) is 88.7 Å². The predicted molar refractivity (Wildman–Crippen MR) is 268 cm³/mol. The first kappa shape index (κ1) is 38.7. The Bertz CT molecular complexity index is 3270. The third-order valence-corrected chi connectivity index (χ3v) is 14.2. The molecule has 1 aliphatic carbocycles. The standard InChI is InChI=1S/C61H52N2/c1-7-53-58(37-40(2)41-17-10-8-11-18-41)63-57-36-29-45(38-52(57)51-22-16-24-55(59(51)63)60(53,3)4)44-27-32-47(33-28-44)62(46-30-25-43(26-31-46)42-19-12-9-13-20-42)48-34-35-50-49-21-14-15-23-54(49)61(5,6)56(50)39-48/h7-40H,1-6H3/b53-7+,58-37+. The fraction of sp³-hybridized carbons (Fsp3) is 0.148. The Hall–Kier alpha value is -7.16. The molecule has 0 bridgehead atoms. The van der Waals surface area contributed by atoms with E-state index in [4.69, 9.17) is 0 Å². The van der Waals surface area contributed by atoms with Crippen LogP contribution in [0.1, 0.15) is 69.7 Å². The van der Waals surface area contributed by atoms with Gasteiger partial charge in [-0.1, -0.05) is 186 Å². The number of benzene rings is 8. The van der Waals surface area contributed by atoms with E-state index in [-0.39, 0.29) is 16.7 Å². The zero-order chi connectivity index (χ0) is 43.0. The summed E-state index contributed by atoms with van der Waals surface area (Å²) in [6.07, 6.45) is 4.81. The van der Waals surface area contributed by atoms with E-state index < -0.39 is 0 Å². The molecule has 0 saturated heterocycles. The maximum Gasteiger partial charge on any atom is 0.0581 e. The van der Waals surface area contributed by atoms with Gasteiger partial charge in [0.15, 0.2) is 0 Å². The number of anilines is 3. The van der Waals surface area contributed by atoms with Gasteiger partial charge >= 0.3 is 0 Å². The second kappa shape index (κ2) is 14.7. The van der Waals surface area contributed by atoms with Crippen molar-refractivity contribution in [1.82, 2.24) is 4.57 Å². The van der Waals surface area contributed by atoms with Gasteiger partial charge in [0, 0.05) is 50.3 Å². The Kier molecular flexibility index (Phi) is 9.07. The van der Waals surface area contributed by atoms with Crippen molar-refractivity contribution in [3.8, 4) is 33.4 Å². The summed E-state index contributed by atoms with van der Waals surface area (Å²) in [5, 5.41) is 2.58. The first-order valence-corrected chi connectivity index (χ1v) is 22.5. The lowest BCUT2D eigenvalue weighted by Crippen LogP contribution is -2.28. The fourth-order valence-electron chi connectivity index (χ4n) is 10.9. The van der Waals surface area contributed by atoms with Crippen LogP contribution in [0.15, 0.2) is 206 Å². The van der Waals surface area contributed by atoms with Crippen LogP contribution in [0.2, 0.25) is 0 Å². The van der Waals surface area contributed by atoms with Crippen molar-refractivity contribution in [2.75, 3.05) is 4.90 Å². The van der Waals surface area contributed by atoms with Gasteiger partial charge in [-0.05, 0) is 117 Å². The maximum absolute atomic E-state index is 2.55. The van der Waals surface area contributed by atoms with Gasteiger partial charge in [0.05, 0.1) is 11.0 Å². The summed E-state index contributed by atoms with van der Waals surface area (Å²) in [6, 6.07) is 69.6. The van der Waals surface area contributed by atoms with Gasteiger partial charge in [0.1, 0.15) is 0 Å². The topological polar surface area (TPSA) is 8.17 Å². The molecule has 0 fully saturated rings. The van der Waals surface area contributed by atoms with Crippen LogP contribution >= 0.6 is 0 Å². The van der Waals surface area contributed by atoms with Gasteiger partial charge in [0.2, 0.25) is 0 Å². The molecule has 0 amide bonds. The summed E-state index contributed by atoms with van der Waals surface area (Å²) < 4.78 is 2.55. The SMILES string of the molecule is C/C=C1\C(=C/C(C)c2ccccc2)n2c3ccc(-c4ccc(N(c5ccc(-c6ccccc6)cc5)c5ccc6c(c5)C(C)(C)c5ccccc5-6)cc4)cc3c3cccc(c32)C1(C)C. The summed E-state index contributed by atoms with van der Waals surface area (Å²) in [7, 11) is 0. The number of hydrogen-bond acceptors (Lipinski definition) is 1. The Morgan fingerprint density at radius 1 is 0.476 bits per heavy atom. The summed E-state index contributed by atoms with van der Waals surface area (Å²) >= 11 is 0. The van der Waals surface area contributed by atoms with Gasteiger partial charge in [-0.3, -0.25) is 0 Å². The maximum atomic E-state index is 2.55. The van der Waals surface area contributed by atoms with E-state index in [1.54, 1.807) is 0 Å². The summed E-state index contributed by atoms with van der Waals surface area (Å²) in [5.74, 6) is 0.253. The van der Waals surface area contributed by atoms with Gasteiger partial charge in [0.25, 0.3) is 0 Å². The van der Waals surface area contributed by atoms with Crippen LogP contribution in [-0.4, -0.2) is 4.57 Å². The molecule has 1 aliphatic heterocycles. The molecule has 2 nitrogen and oxygen atoms in total. The van der Waals surface area contributed by atoms with E-state index in [9.17, 15) is 0 Å². The van der Waals surface area contributed by atoms with E-state index in [0.717, 1.165) is 17.1 Å². The molecular weight excluding hydrogens is 761 g/mol. The van der Waals surface area contributed by atoms with Crippen molar-refractivity contribution in [2.45, 2.75) is 58.3 Å². The summed E-state index contributed by atoms with van der Waals surface area (Å²) in [4.78, 5) is 2.41. The molecule has 0 saturated carbocycles. The number of rotatable bonds is 7. The molecule has 9 aromatic rings. The molecule has 2 aliphatic rings. The van der Waals surface area contributed by atoms with Crippen LogP contribution in [-0.2, 0) is 10.8 Å². The van der Waals surface area contributed by atoms with Gasteiger partial charge < -0.3 is 9.47 Å². The van der Waals surface area contributed by atoms with Crippen LogP contribution in [0.5, 0.6) is 0 Å². The molecule has 1 unspecified atom stereocenters. The quantitative estimate of drug-likeness (QED) is 0.156. The number of allylic oxidation sites excluding steroid dienone is 4. The monoisotopic (exact) mass is 812 g/mol. The average molecular weight is 813 g/mol. The fourth-order valence-corrected chi connectivity index (χ4v) is 10.9. The van der Waals surface area contributed by atoms with Crippen LogP contribution in [0.4, 0.5) is 17.1 Å². The van der Waals surface area contributed by atoms with Crippen LogP contribution in [0.3, 0.4) is 0 Å². The van der Waals surface area contributed by atoms with Crippen LogP contribution in [0, 0.1) is 0 Å². The first-order chi connectivity index (χ1) is 30.6. The minimum Gasteiger partial charge on any atom is -0.310 e. The number of nitrogens with zero attached hydrogens (tertiary/aromatic N) is 2. The third-order valence-electron chi connectivity index (χ3n) is 14.2. The van der Waals surface area contributed by atoms with Gasteiger partial charge in [-0.25, -0.2) is 0 Å². The van der Waals surface area contributed by atoms with Gasteiger partial charge in [-0.2, -0.15) is 0 Å². The molecule has 2 heteroatoms. The zero-order valence-corrected chi connectivity index (χ0v) is 37.0. The van der Waals surface area contributed by atoms with Crippen molar-refractivity contribution in [3.63, 3.8) is 0 Å². The molecule has 63 heavy (non-hydrogen) atoms. The molecule has 8 aromatic carbocycles. The van der Waals surface area contributed by atoms with E-state index in [1.807, 2.05) is 0 Å². The van der Waals surface area contributed by atoms with Crippen LogP contribution < -0.4 is 4.90 Å². The van der Waals surface area contributed by atoms with Crippen molar-refractivity contribution < 1.29 is 0 Å². The molecule has 2 heterocycles. The minimum absolute atomic E-state index is 0.0997.